The number of piperidine rings is 1. The van der Waals surface area contributed by atoms with Gasteiger partial charge in [0.2, 0.25) is 11.8 Å². The third kappa shape index (κ3) is 3.48. The van der Waals surface area contributed by atoms with E-state index in [2.05, 4.69) is 19.2 Å². The zero-order valence-corrected chi connectivity index (χ0v) is 9.90. The second kappa shape index (κ2) is 5.84. The van der Waals surface area contributed by atoms with Crippen LogP contribution in [0.2, 0.25) is 0 Å². The number of aliphatic hydroxyl groups excluding tert-OH is 1. The normalized spacial score (nSPS) is 21.4. The van der Waals surface area contributed by atoms with E-state index in [9.17, 15) is 9.59 Å². The molecule has 1 aliphatic rings. The van der Waals surface area contributed by atoms with Crippen molar-refractivity contribution in [2.24, 2.45) is 11.8 Å². The molecule has 0 aromatic carbocycles. The van der Waals surface area contributed by atoms with E-state index < -0.39 is 0 Å². The van der Waals surface area contributed by atoms with Crippen LogP contribution in [0.3, 0.4) is 0 Å². The summed E-state index contributed by atoms with van der Waals surface area (Å²) in [5.41, 5.74) is 0. The van der Waals surface area contributed by atoms with Gasteiger partial charge in [-0.2, -0.15) is 0 Å². The van der Waals surface area contributed by atoms with Crippen LogP contribution in [-0.2, 0) is 9.59 Å². The first-order chi connectivity index (χ1) is 7.54. The molecule has 0 radical (unpaired) electrons. The van der Waals surface area contributed by atoms with Crippen molar-refractivity contribution in [1.82, 2.24) is 10.2 Å². The van der Waals surface area contributed by atoms with Crippen molar-refractivity contribution in [3.63, 3.8) is 0 Å². The SMILES string of the molecule is CC(C)CN1CCC(C(=O)NCO)CC1=O. The fourth-order valence-electron chi connectivity index (χ4n) is 1.96. The van der Waals surface area contributed by atoms with E-state index in [0.29, 0.717) is 18.9 Å². The summed E-state index contributed by atoms with van der Waals surface area (Å²) in [6.07, 6.45) is 0.947. The number of amides is 2. The minimum absolute atomic E-state index is 0.0399. The van der Waals surface area contributed by atoms with Crippen LogP contribution in [0.5, 0.6) is 0 Å². The quantitative estimate of drug-likeness (QED) is 0.663. The van der Waals surface area contributed by atoms with Gasteiger partial charge in [-0.25, -0.2) is 0 Å². The van der Waals surface area contributed by atoms with E-state index >= 15 is 0 Å². The lowest BCUT2D eigenvalue weighted by atomic mass is 9.95. The maximum Gasteiger partial charge on any atom is 0.225 e. The molecule has 0 saturated carbocycles. The van der Waals surface area contributed by atoms with E-state index in [-0.39, 0.29) is 30.9 Å². The third-order valence-corrected chi connectivity index (χ3v) is 2.73. The van der Waals surface area contributed by atoms with Crippen molar-refractivity contribution >= 4 is 11.8 Å². The van der Waals surface area contributed by atoms with Gasteiger partial charge in [0.25, 0.3) is 0 Å². The predicted molar refractivity (Wildman–Crippen MR) is 59.4 cm³/mol. The summed E-state index contributed by atoms with van der Waals surface area (Å²) < 4.78 is 0. The summed E-state index contributed by atoms with van der Waals surface area (Å²) in [4.78, 5) is 25.0. The number of nitrogens with zero attached hydrogens (tertiary/aromatic N) is 1. The van der Waals surface area contributed by atoms with Crippen molar-refractivity contribution in [1.29, 1.82) is 0 Å². The van der Waals surface area contributed by atoms with Gasteiger partial charge in [0, 0.05) is 25.4 Å². The number of likely N-dealkylation sites (tertiary alicyclic amines) is 1. The molecule has 0 aromatic heterocycles. The lowest BCUT2D eigenvalue weighted by Gasteiger charge is -2.32. The highest BCUT2D eigenvalue weighted by molar-refractivity contribution is 5.86. The zero-order chi connectivity index (χ0) is 12.1. The van der Waals surface area contributed by atoms with E-state index in [1.165, 1.54) is 0 Å². The molecule has 1 unspecified atom stereocenters. The Morgan fingerprint density at radius 3 is 2.81 bits per heavy atom. The number of rotatable bonds is 4. The lowest BCUT2D eigenvalue weighted by molar-refractivity contribution is -0.141. The average Bonchev–Trinajstić information content (AvgIpc) is 2.20. The van der Waals surface area contributed by atoms with Crippen molar-refractivity contribution in [2.45, 2.75) is 26.7 Å². The zero-order valence-electron chi connectivity index (χ0n) is 9.90. The number of carbonyl (C=O) groups excluding carboxylic acids is 2. The van der Waals surface area contributed by atoms with Gasteiger partial charge in [-0.3, -0.25) is 9.59 Å². The molecule has 1 heterocycles. The summed E-state index contributed by atoms with van der Waals surface area (Å²) in [6, 6.07) is 0. The molecule has 0 spiro atoms. The minimum atomic E-state index is -0.362. The molecule has 1 atom stereocenters. The molecular formula is C11H20N2O3. The van der Waals surface area contributed by atoms with Gasteiger partial charge in [0.15, 0.2) is 0 Å². The Labute approximate surface area is 95.8 Å². The Morgan fingerprint density at radius 1 is 1.62 bits per heavy atom. The summed E-state index contributed by atoms with van der Waals surface area (Å²) in [5, 5.41) is 10.9. The van der Waals surface area contributed by atoms with E-state index in [1.54, 1.807) is 0 Å². The molecule has 0 aromatic rings. The van der Waals surface area contributed by atoms with Crippen LogP contribution in [-0.4, -0.2) is 41.6 Å². The molecule has 2 amide bonds. The Kier molecular flexibility index (Phi) is 4.73. The van der Waals surface area contributed by atoms with Gasteiger partial charge < -0.3 is 15.3 Å². The van der Waals surface area contributed by atoms with Gasteiger partial charge in [0.1, 0.15) is 6.73 Å². The first kappa shape index (κ1) is 13.0. The fourth-order valence-corrected chi connectivity index (χ4v) is 1.96. The molecular weight excluding hydrogens is 208 g/mol. The van der Waals surface area contributed by atoms with Crippen LogP contribution in [0.4, 0.5) is 0 Å². The van der Waals surface area contributed by atoms with Crippen molar-refractivity contribution < 1.29 is 14.7 Å². The van der Waals surface area contributed by atoms with Gasteiger partial charge in [-0.1, -0.05) is 13.8 Å². The maximum absolute atomic E-state index is 11.7. The third-order valence-electron chi connectivity index (χ3n) is 2.73. The molecule has 1 rings (SSSR count). The van der Waals surface area contributed by atoms with Crippen LogP contribution in [0.25, 0.3) is 0 Å². The standard InChI is InChI=1S/C11H20N2O3/c1-8(2)6-13-4-3-9(5-10(13)15)11(16)12-7-14/h8-9,14H,3-7H2,1-2H3,(H,12,16). The maximum atomic E-state index is 11.7. The van der Waals surface area contributed by atoms with Crippen molar-refractivity contribution in [2.75, 3.05) is 19.8 Å². The number of hydrogen-bond donors (Lipinski definition) is 2. The monoisotopic (exact) mass is 228 g/mol. The van der Waals surface area contributed by atoms with Gasteiger partial charge in [-0.05, 0) is 12.3 Å². The molecule has 2 N–H and O–H groups in total. The van der Waals surface area contributed by atoms with Crippen LogP contribution in [0.1, 0.15) is 26.7 Å². The highest BCUT2D eigenvalue weighted by Gasteiger charge is 2.30. The smallest absolute Gasteiger partial charge is 0.225 e. The first-order valence-corrected chi connectivity index (χ1v) is 5.71. The largest absolute Gasteiger partial charge is 0.377 e. The van der Waals surface area contributed by atoms with Crippen LogP contribution in [0, 0.1) is 11.8 Å². The molecule has 1 fully saturated rings. The molecule has 16 heavy (non-hydrogen) atoms. The molecule has 92 valence electrons. The second-order valence-corrected chi connectivity index (χ2v) is 4.62. The minimum Gasteiger partial charge on any atom is -0.377 e. The number of hydrogen-bond acceptors (Lipinski definition) is 3. The number of aliphatic hydroxyl groups is 1. The fraction of sp³-hybridized carbons (Fsp3) is 0.818. The van der Waals surface area contributed by atoms with E-state index in [1.807, 2.05) is 4.90 Å². The van der Waals surface area contributed by atoms with Crippen LogP contribution < -0.4 is 5.32 Å². The molecule has 1 aliphatic heterocycles. The molecule has 0 bridgehead atoms. The topological polar surface area (TPSA) is 69.6 Å². The summed E-state index contributed by atoms with van der Waals surface area (Å²) in [5.74, 6) is -0.00656. The second-order valence-electron chi connectivity index (χ2n) is 4.62. The summed E-state index contributed by atoms with van der Waals surface area (Å²) in [7, 11) is 0. The summed E-state index contributed by atoms with van der Waals surface area (Å²) >= 11 is 0. The molecule has 1 saturated heterocycles. The van der Waals surface area contributed by atoms with Crippen LogP contribution in [0.15, 0.2) is 0 Å². The summed E-state index contributed by atoms with van der Waals surface area (Å²) in [6.45, 7) is 5.17. The molecule has 5 nitrogen and oxygen atoms in total. The van der Waals surface area contributed by atoms with Crippen molar-refractivity contribution in [3.05, 3.63) is 0 Å². The van der Waals surface area contributed by atoms with Crippen molar-refractivity contribution in [3.8, 4) is 0 Å². The molecule has 5 heteroatoms. The average molecular weight is 228 g/mol. The van der Waals surface area contributed by atoms with Gasteiger partial charge in [0.05, 0.1) is 0 Å². The Hall–Kier alpha value is -1.10. The predicted octanol–water partition coefficient (Wildman–Crippen LogP) is -0.0530. The first-order valence-electron chi connectivity index (χ1n) is 5.71. The molecule has 0 aliphatic carbocycles. The highest BCUT2D eigenvalue weighted by Crippen LogP contribution is 2.19. The van der Waals surface area contributed by atoms with Gasteiger partial charge >= 0.3 is 0 Å². The van der Waals surface area contributed by atoms with Crippen LogP contribution >= 0.6 is 0 Å². The number of nitrogens with one attached hydrogen (secondary N) is 1. The highest BCUT2D eigenvalue weighted by atomic mass is 16.3. The lowest BCUT2D eigenvalue weighted by Crippen LogP contribution is -2.45. The number of carbonyl (C=O) groups is 2. The Bertz CT molecular complexity index is 266. The Morgan fingerprint density at radius 2 is 2.31 bits per heavy atom. The van der Waals surface area contributed by atoms with Gasteiger partial charge in [-0.15, -0.1) is 0 Å². The van der Waals surface area contributed by atoms with E-state index in [4.69, 9.17) is 5.11 Å². The Balaban J connectivity index is 2.45. The van der Waals surface area contributed by atoms with E-state index in [0.717, 1.165) is 6.54 Å².